The van der Waals surface area contributed by atoms with Gasteiger partial charge in [0.2, 0.25) is 0 Å². The molecule has 0 saturated heterocycles. The van der Waals surface area contributed by atoms with E-state index in [0.717, 1.165) is 11.3 Å². The SMILES string of the molecule is COc1cc(OC)cc(C(=O)N/N=C\c2cn[nH]c2-c2ccc(OC)c(OC)c2)c1. The Hall–Kier alpha value is -4.01. The molecule has 0 aliphatic heterocycles. The summed E-state index contributed by atoms with van der Waals surface area (Å²) in [6, 6.07) is 10.4. The van der Waals surface area contributed by atoms with Gasteiger partial charge in [-0.25, -0.2) is 5.43 Å². The molecule has 0 radical (unpaired) electrons. The van der Waals surface area contributed by atoms with Crippen LogP contribution in [0.2, 0.25) is 0 Å². The van der Waals surface area contributed by atoms with Crippen LogP contribution < -0.4 is 24.4 Å². The lowest BCUT2D eigenvalue weighted by Crippen LogP contribution is -2.17. The van der Waals surface area contributed by atoms with Crippen molar-refractivity contribution >= 4 is 12.1 Å². The summed E-state index contributed by atoms with van der Waals surface area (Å²) in [6.07, 6.45) is 3.11. The number of nitrogens with one attached hydrogen (secondary N) is 2. The van der Waals surface area contributed by atoms with Crippen LogP contribution in [0.3, 0.4) is 0 Å². The van der Waals surface area contributed by atoms with E-state index in [4.69, 9.17) is 18.9 Å². The zero-order valence-corrected chi connectivity index (χ0v) is 17.1. The third-order valence-electron chi connectivity index (χ3n) is 4.32. The van der Waals surface area contributed by atoms with Crippen molar-refractivity contribution in [2.24, 2.45) is 5.10 Å². The number of aromatic amines is 1. The second-order valence-corrected chi connectivity index (χ2v) is 6.07. The van der Waals surface area contributed by atoms with E-state index in [1.165, 1.54) is 20.4 Å². The molecule has 156 valence electrons. The summed E-state index contributed by atoms with van der Waals surface area (Å²) in [5, 5.41) is 11.0. The largest absolute Gasteiger partial charge is 0.497 e. The lowest BCUT2D eigenvalue weighted by Gasteiger charge is -2.09. The first-order valence-electron chi connectivity index (χ1n) is 8.91. The Morgan fingerprint density at radius 3 is 2.30 bits per heavy atom. The molecular weight excluding hydrogens is 388 g/mol. The third-order valence-corrected chi connectivity index (χ3v) is 4.32. The van der Waals surface area contributed by atoms with Crippen LogP contribution in [0.15, 0.2) is 47.7 Å². The molecule has 0 unspecified atom stereocenters. The second-order valence-electron chi connectivity index (χ2n) is 6.07. The molecule has 0 aliphatic rings. The number of hydrazone groups is 1. The van der Waals surface area contributed by atoms with E-state index in [-0.39, 0.29) is 0 Å². The third kappa shape index (κ3) is 4.52. The van der Waals surface area contributed by atoms with Crippen molar-refractivity contribution in [2.45, 2.75) is 0 Å². The quantitative estimate of drug-likeness (QED) is 0.437. The Bertz CT molecular complexity index is 1040. The van der Waals surface area contributed by atoms with Gasteiger partial charge in [0.1, 0.15) is 11.5 Å². The van der Waals surface area contributed by atoms with E-state index in [2.05, 4.69) is 20.7 Å². The summed E-state index contributed by atoms with van der Waals surface area (Å²) in [5.41, 5.74) is 5.08. The minimum absolute atomic E-state index is 0.357. The van der Waals surface area contributed by atoms with E-state index in [1.54, 1.807) is 44.7 Å². The number of amides is 1. The Morgan fingerprint density at radius 1 is 0.967 bits per heavy atom. The first-order valence-corrected chi connectivity index (χ1v) is 8.91. The number of ether oxygens (including phenoxy) is 4. The molecule has 0 atom stereocenters. The highest BCUT2D eigenvalue weighted by atomic mass is 16.5. The average Bonchev–Trinajstić information content (AvgIpc) is 3.26. The van der Waals surface area contributed by atoms with Crippen molar-refractivity contribution in [3.8, 4) is 34.3 Å². The van der Waals surface area contributed by atoms with Crippen LogP contribution >= 0.6 is 0 Å². The first-order chi connectivity index (χ1) is 14.6. The van der Waals surface area contributed by atoms with E-state index in [9.17, 15) is 4.79 Å². The lowest BCUT2D eigenvalue weighted by molar-refractivity contribution is 0.0954. The molecule has 2 aromatic carbocycles. The van der Waals surface area contributed by atoms with E-state index in [1.807, 2.05) is 12.1 Å². The number of benzene rings is 2. The molecule has 0 saturated carbocycles. The molecule has 2 N–H and O–H groups in total. The Labute approximate surface area is 173 Å². The summed E-state index contributed by atoms with van der Waals surface area (Å²) in [7, 11) is 6.18. The maximum atomic E-state index is 12.4. The average molecular weight is 410 g/mol. The zero-order valence-electron chi connectivity index (χ0n) is 17.1. The number of hydrogen-bond donors (Lipinski definition) is 2. The van der Waals surface area contributed by atoms with Crippen LogP contribution in [-0.4, -0.2) is 50.8 Å². The predicted molar refractivity (Wildman–Crippen MR) is 112 cm³/mol. The van der Waals surface area contributed by atoms with Gasteiger partial charge in [-0.1, -0.05) is 0 Å². The number of rotatable bonds is 8. The smallest absolute Gasteiger partial charge is 0.271 e. The maximum absolute atomic E-state index is 12.4. The number of aromatic nitrogens is 2. The second kappa shape index (κ2) is 9.46. The van der Waals surface area contributed by atoms with Crippen molar-refractivity contribution in [3.05, 3.63) is 53.7 Å². The highest BCUT2D eigenvalue weighted by molar-refractivity contribution is 5.96. The Morgan fingerprint density at radius 2 is 1.67 bits per heavy atom. The van der Waals surface area contributed by atoms with Crippen LogP contribution in [0.5, 0.6) is 23.0 Å². The minimum atomic E-state index is -0.403. The van der Waals surface area contributed by atoms with Gasteiger partial charge in [0.05, 0.1) is 46.5 Å². The van der Waals surface area contributed by atoms with Gasteiger partial charge in [-0.3, -0.25) is 9.89 Å². The Balaban J connectivity index is 1.77. The van der Waals surface area contributed by atoms with Crippen LogP contribution in [0.4, 0.5) is 0 Å². The first kappa shape index (κ1) is 20.7. The molecule has 30 heavy (non-hydrogen) atoms. The zero-order chi connectivity index (χ0) is 21.5. The van der Waals surface area contributed by atoms with Crippen molar-refractivity contribution in [1.82, 2.24) is 15.6 Å². The van der Waals surface area contributed by atoms with Gasteiger partial charge in [0.15, 0.2) is 11.5 Å². The van der Waals surface area contributed by atoms with Gasteiger partial charge < -0.3 is 18.9 Å². The predicted octanol–water partition coefficient (Wildman–Crippen LogP) is 2.88. The number of hydrogen-bond acceptors (Lipinski definition) is 7. The molecule has 1 aromatic heterocycles. The van der Waals surface area contributed by atoms with Crippen LogP contribution in [-0.2, 0) is 0 Å². The van der Waals surface area contributed by atoms with Gasteiger partial charge in [0.25, 0.3) is 5.91 Å². The van der Waals surface area contributed by atoms with Gasteiger partial charge in [-0.2, -0.15) is 10.2 Å². The number of nitrogens with zero attached hydrogens (tertiary/aromatic N) is 2. The number of carbonyl (C=O) groups excluding carboxylic acids is 1. The topological polar surface area (TPSA) is 107 Å². The van der Waals surface area contributed by atoms with Gasteiger partial charge in [-0.15, -0.1) is 0 Å². The van der Waals surface area contributed by atoms with Crippen LogP contribution in [0, 0.1) is 0 Å². The van der Waals surface area contributed by atoms with Gasteiger partial charge in [0, 0.05) is 22.8 Å². The molecule has 1 heterocycles. The molecule has 9 heteroatoms. The molecule has 3 rings (SSSR count). The molecule has 9 nitrogen and oxygen atoms in total. The highest BCUT2D eigenvalue weighted by Gasteiger charge is 2.12. The van der Waals surface area contributed by atoms with Crippen molar-refractivity contribution in [2.75, 3.05) is 28.4 Å². The molecule has 3 aromatic rings. The molecule has 0 aliphatic carbocycles. The summed E-state index contributed by atoms with van der Waals surface area (Å²) < 4.78 is 21.0. The fourth-order valence-corrected chi connectivity index (χ4v) is 2.78. The fourth-order valence-electron chi connectivity index (χ4n) is 2.78. The summed E-state index contributed by atoms with van der Waals surface area (Å²) in [5.74, 6) is 1.83. The van der Waals surface area contributed by atoms with Crippen molar-refractivity contribution < 1.29 is 23.7 Å². The van der Waals surface area contributed by atoms with E-state index >= 15 is 0 Å². The van der Waals surface area contributed by atoms with Gasteiger partial charge in [-0.05, 0) is 30.3 Å². The molecule has 0 bridgehead atoms. The molecular formula is C21H22N4O5. The lowest BCUT2D eigenvalue weighted by atomic mass is 10.1. The highest BCUT2D eigenvalue weighted by Crippen LogP contribution is 2.32. The van der Waals surface area contributed by atoms with E-state index < -0.39 is 5.91 Å². The Kier molecular flexibility index (Phi) is 6.53. The number of carbonyl (C=O) groups is 1. The van der Waals surface area contributed by atoms with Crippen LogP contribution in [0.1, 0.15) is 15.9 Å². The molecule has 0 spiro atoms. The van der Waals surface area contributed by atoms with Crippen molar-refractivity contribution in [3.63, 3.8) is 0 Å². The molecule has 0 fully saturated rings. The summed E-state index contributed by atoms with van der Waals surface area (Å²) in [4.78, 5) is 12.4. The summed E-state index contributed by atoms with van der Waals surface area (Å²) >= 11 is 0. The maximum Gasteiger partial charge on any atom is 0.271 e. The number of H-pyrrole nitrogens is 1. The normalized spacial score (nSPS) is 10.7. The standard InChI is InChI=1S/C21H22N4O5/c1-27-16-7-14(8-17(10-16)28-2)21(26)25-23-12-15-11-22-24-20(15)13-5-6-18(29-3)19(9-13)30-4/h5-12H,1-4H3,(H,22,24)(H,25,26)/b23-12-. The van der Waals surface area contributed by atoms with E-state index in [0.29, 0.717) is 34.1 Å². The summed E-state index contributed by atoms with van der Waals surface area (Å²) in [6.45, 7) is 0. The van der Waals surface area contributed by atoms with Crippen LogP contribution in [0.25, 0.3) is 11.3 Å². The fraction of sp³-hybridized carbons (Fsp3) is 0.190. The monoisotopic (exact) mass is 410 g/mol. The minimum Gasteiger partial charge on any atom is -0.497 e. The van der Waals surface area contributed by atoms with Crippen molar-refractivity contribution in [1.29, 1.82) is 0 Å². The number of methoxy groups -OCH3 is 4. The molecule has 1 amide bonds. The van der Waals surface area contributed by atoms with Gasteiger partial charge >= 0.3 is 0 Å².